The topological polar surface area (TPSA) is 200 Å². The highest BCUT2D eigenvalue weighted by Gasteiger charge is 2.32. The largest absolute Gasteiger partial charge is 0.480 e. The van der Waals surface area contributed by atoms with E-state index < -0.39 is 54.0 Å². The number of aliphatic hydroxyl groups excluding tert-OH is 1. The summed E-state index contributed by atoms with van der Waals surface area (Å²) in [6.07, 6.45) is 1.97. The lowest BCUT2D eigenvalue weighted by atomic mass is 10.0. The highest BCUT2D eigenvalue weighted by molar-refractivity contribution is 7.80. The second-order valence-corrected chi connectivity index (χ2v) is 8.25. The highest BCUT2D eigenvalue weighted by atomic mass is 32.1. The number of imidazole rings is 1. The van der Waals surface area contributed by atoms with Gasteiger partial charge < -0.3 is 36.9 Å². The third-order valence-electron chi connectivity index (χ3n) is 4.53. The van der Waals surface area contributed by atoms with Crippen LogP contribution in [-0.4, -0.2) is 79.9 Å². The van der Waals surface area contributed by atoms with Crippen LogP contribution in [0.5, 0.6) is 0 Å². The van der Waals surface area contributed by atoms with Gasteiger partial charge in [-0.05, 0) is 19.3 Å². The Bertz CT molecular complexity index is 772. The fourth-order valence-corrected chi connectivity index (χ4v) is 3.07. The van der Waals surface area contributed by atoms with Crippen molar-refractivity contribution in [2.24, 2.45) is 11.7 Å². The molecule has 1 heterocycles. The Balaban J connectivity index is 2.77. The number of H-pyrrole nitrogens is 1. The lowest BCUT2D eigenvalue weighted by molar-refractivity contribution is -0.143. The standard InChI is InChI=1S/C19H32N6O6S/c1-9(2)4-13(19(30)31)23-18(29)15(10(3)26)25-17(28)14(7-32)24-16(27)12(20)5-11-6-21-8-22-11/h6,8-10,12-15,26,32H,4-5,7,20H2,1-3H3,(H,21,22)(H,23,29)(H,24,27)(H,25,28)(H,30,31). The summed E-state index contributed by atoms with van der Waals surface area (Å²) >= 11 is 4.06. The molecule has 0 saturated heterocycles. The molecule has 0 spiro atoms. The van der Waals surface area contributed by atoms with Gasteiger partial charge in [0.05, 0.1) is 18.5 Å². The Labute approximate surface area is 191 Å². The van der Waals surface area contributed by atoms with Gasteiger partial charge in [0, 0.05) is 24.1 Å². The van der Waals surface area contributed by atoms with Gasteiger partial charge in [-0.25, -0.2) is 9.78 Å². The lowest BCUT2D eigenvalue weighted by Gasteiger charge is -2.26. The van der Waals surface area contributed by atoms with Gasteiger partial charge in [0.1, 0.15) is 18.1 Å². The minimum Gasteiger partial charge on any atom is -0.480 e. The number of nitrogens with one attached hydrogen (secondary N) is 4. The predicted octanol–water partition coefficient (Wildman–Crippen LogP) is -1.82. The average Bonchev–Trinajstić information content (AvgIpc) is 3.21. The summed E-state index contributed by atoms with van der Waals surface area (Å²) in [6.45, 7) is 4.87. The van der Waals surface area contributed by atoms with E-state index in [-0.39, 0.29) is 24.5 Å². The van der Waals surface area contributed by atoms with E-state index in [0.717, 1.165) is 0 Å². The number of carboxylic acid groups (broad SMARTS) is 1. The van der Waals surface area contributed by atoms with Crippen molar-refractivity contribution < 1.29 is 29.4 Å². The number of aliphatic carboxylic acids is 1. The number of thiol groups is 1. The van der Waals surface area contributed by atoms with Crippen molar-refractivity contribution >= 4 is 36.3 Å². The number of nitrogens with two attached hydrogens (primary N) is 1. The average molecular weight is 473 g/mol. The van der Waals surface area contributed by atoms with E-state index in [4.69, 9.17) is 5.73 Å². The monoisotopic (exact) mass is 472 g/mol. The summed E-state index contributed by atoms with van der Waals surface area (Å²) in [4.78, 5) is 55.6. The highest BCUT2D eigenvalue weighted by Crippen LogP contribution is 2.06. The Morgan fingerprint density at radius 3 is 2.19 bits per heavy atom. The Morgan fingerprint density at radius 2 is 1.72 bits per heavy atom. The van der Waals surface area contributed by atoms with Crippen LogP contribution >= 0.6 is 12.6 Å². The normalized spacial score (nSPS) is 15.8. The summed E-state index contributed by atoms with van der Waals surface area (Å²) in [7, 11) is 0. The first-order chi connectivity index (χ1) is 15.0. The molecule has 5 unspecified atom stereocenters. The zero-order chi connectivity index (χ0) is 24.4. The van der Waals surface area contributed by atoms with Crippen molar-refractivity contribution in [2.75, 3.05) is 5.75 Å². The van der Waals surface area contributed by atoms with Crippen LogP contribution in [0.15, 0.2) is 12.5 Å². The van der Waals surface area contributed by atoms with Crippen molar-refractivity contribution in [1.82, 2.24) is 25.9 Å². The molecule has 0 radical (unpaired) electrons. The third-order valence-corrected chi connectivity index (χ3v) is 4.90. The molecule has 5 atom stereocenters. The van der Waals surface area contributed by atoms with Gasteiger partial charge in [0.15, 0.2) is 0 Å². The number of aromatic amines is 1. The number of nitrogens with zero attached hydrogens (tertiary/aromatic N) is 1. The molecule has 0 aliphatic carbocycles. The second kappa shape index (κ2) is 13.0. The minimum absolute atomic E-state index is 0.00858. The number of hydrogen-bond donors (Lipinski definition) is 8. The molecule has 32 heavy (non-hydrogen) atoms. The van der Waals surface area contributed by atoms with Crippen LogP contribution in [0.1, 0.15) is 32.9 Å². The maximum atomic E-state index is 12.6. The van der Waals surface area contributed by atoms with Gasteiger partial charge in [0.2, 0.25) is 17.7 Å². The number of hydrogen-bond acceptors (Lipinski definition) is 8. The number of aromatic nitrogens is 2. The van der Waals surface area contributed by atoms with Crippen LogP contribution in [0, 0.1) is 5.92 Å². The van der Waals surface area contributed by atoms with Crippen molar-refractivity contribution in [2.45, 2.75) is 63.9 Å². The molecule has 0 saturated carbocycles. The molecule has 1 rings (SSSR count). The number of amides is 3. The van der Waals surface area contributed by atoms with Crippen molar-refractivity contribution in [3.63, 3.8) is 0 Å². The van der Waals surface area contributed by atoms with Crippen molar-refractivity contribution in [1.29, 1.82) is 0 Å². The van der Waals surface area contributed by atoms with E-state index in [2.05, 4.69) is 38.5 Å². The van der Waals surface area contributed by atoms with Crippen LogP contribution in [0.2, 0.25) is 0 Å². The molecule has 0 aliphatic heterocycles. The zero-order valence-electron chi connectivity index (χ0n) is 18.2. The van der Waals surface area contributed by atoms with Crippen LogP contribution in [0.3, 0.4) is 0 Å². The molecule has 8 N–H and O–H groups in total. The van der Waals surface area contributed by atoms with Gasteiger partial charge in [-0.1, -0.05) is 13.8 Å². The molecule has 0 aliphatic rings. The second-order valence-electron chi connectivity index (χ2n) is 7.89. The SMILES string of the molecule is CC(C)CC(NC(=O)C(NC(=O)C(CS)NC(=O)C(N)Cc1cnc[nH]1)C(C)O)C(=O)O. The van der Waals surface area contributed by atoms with Gasteiger partial charge in [0.25, 0.3) is 0 Å². The third kappa shape index (κ3) is 8.85. The number of aliphatic hydroxyl groups is 1. The molecule has 0 bridgehead atoms. The number of carbonyl (C=O) groups is 4. The fourth-order valence-electron chi connectivity index (χ4n) is 2.81. The quantitative estimate of drug-likeness (QED) is 0.153. The lowest BCUT2D eigenvalue weighted by Crippen LogP contribution is -2.60. The van der Waals surface area contributed by atoms with E-state index in [0.29, 0.717) is 5.69 Å². The molecule has 0 fully saturated rings. The van der Waals surface area contributed by atoms with Crippen molar-refractivity contribution in [3.05, 3.63) is 18.2 Å². The first-order valence-electron chi connectivity index (χ1n) is 10.1. The summed E-state index contributed by atoms with van der Waals surface area (Å²) in [5, 5.41) is 26.4. The van der Waals surface area contributed by atoms with Gasteiger partial charge in [-0.15, -0.1) is 0 Å². The molecular weight excluding hydrogens is 440 g/mol. The molecule has 12 nitrogen and oxygen atoms in total. The molecule has 1 aromatic rings. The van der Waals surface area contributed by atoms with E-state index in [1.807, 2.05) is 0 Å². The van der Waals surface area contributed by atoms with Crippen LogP contribution in [-0.2, 0) is 25.6 Å². The van der Waals surface area contributed by atoms with Crippen molar-refractivity contribution in [3.8, 4) is 0 Å². The molecule has 13 heteroatoms. The number of carbonyl (C=O) groups excluding carboxylic acids is 3. The summed E-state index contributed by atoms with van der Waals surface area (Å²) < 4.78 is 0. The fraction of sp³-hybridized carbons (Fsp3) is 0.632. The van der Waals surface area contributed by atoms with Crippen LogP contribution in [0.4, 0.5) is 0 Å². The molecule has 3 amide bonds. The van der Waals surface area contributed by atoms with Gasteiger partial charge in [-0.2, -0.15) is 12.6 Å². The van der Waals surface area contributed by atoms with Crippen LogP contribution < -0.4 is 21.7 Å². The summed E-state index contributed by atoms with van der Waals surface area (Å²) in [5.74, 6) is -3.59. The molecule has 1 aromatic heterocycles. The Morgan fingerprint density at radius 1 is 1.09 bits per heavy atom. The van der Waals surface area contributed by atoms with E-state index in [9.17, 15) is 29.4 Å². The Hall–Kier alpha value is -2.64. The maximum Gasteiger partial charge on any atom is 0.326 e. The molecular formula is C19H32N6O6S. The zero-order valence-corrected chi connectivity index (χ0v) is 19.1. The number of rotatable bonds is 13. The minimum atomic E-state index is -1.44. The van der Waals surface area contributed by atoms with Gasteiger partial charge >= 0.3 is 5.97 Å². The van der Waals surface area contributed by atoms with E-state index in [1.54, 1.807) is 13.8 Å². The Kier molecular flexibility index (Phi) is 11.2. The summed E-state index contributed by atoms with van der Waals surface area (Å²) in [6, 6.07) is -4.72. The molecule has 0 aromatic carbocycles. The smallest absolute Gasteiger partial charge is 0.326 e. The van der Waals surface area contributed by atoms with Crippen LogP contribution in [0.25, 0.3) is 0 Å². The first-order valence-corrected chi connectivity index (χ1v) is 10.7. The summed E-state index contributed by atoms with van der Waals surface area (Å²) in [5.41, 5.74) is 6.49. The van der Waals surface area contributed by atoms with Gasteiger partial charge in [-0.3, -0.25) is 14.4 Å². The maximum absolute atomic E-state index is 12.6. The van der Waals surface area contributed by atoms with E-state index >= 15 is 0 Å². The predicted molar refractivity (Wildman–Crippen MR) is 119 cm³/mol. The molecule has 180 valence electrons. The first kappa shape index (κ1) is 27.4. The van der Waals surface area contributed by atoms with E-state index in [1.165, 1.54) is 19.4 Å². The number of carboxylic acids is 1.